The van der Waals surface area contributed by atoms with E-state index in [2.05, 4.69) is 12.1 Å². The van der Waals surface area contributed by atoms with Gasteiger partial charge in [-0.2, -0.15) is 0 Å². The van der Waals surface area contributed by atoms with Crippen LogP contribution in [0.5, 0.6) is 5.75 Å². The van der Waals surface area contributed by atoms with Gasteiger partial charge in [-0.3, -0.25) is 4.79 Å². The molecule has 0 aliphatic heterocycles. The van der Waals surface area contributed by atoms with Crippen LogP contribution >= 0.6 is 11.8 Å². The number of hydrogen-bond donors (Lipinski definition) is 0. The van der Waals surface area contributed by atoms with Crippen molar-refractivity contribution < 1.29 is 14.3 Å². The summed E-state index contributed by atoms with van der Waals surface area (Å²) >= 11 is 1.66. The van der Waals surface area contributed by atoms with Gasteiger partial charge in [-0.25, -0.2) is 0 Å². The van der Waals surface area contributed by atoms with Gasteiger partial charge in [-0.1, -0.05) is 25.5 Å². The van der Waals surface area contributed by atoms with Gasteiger partial charge in [0.2, 0.25) is 0 Å². The summed E-state index contributed by atoms with van der Waals surface area (Å²) in [5.74, 6) is 1.75. The van der Waals surface area contributed by atoms with Gasteiger partial charge in [0.05, 0.1) is 0 Å². The van der Waals surface area contributed by atoms with Gasteiger partial charge < -0.3 is 9.47 Å². The van der Waals surface area contributed by atoms with Gasteiger partial charge in [0.15, 0.2) is 0 Å². The summed E-state index contributed by atoms with van der Waals surface area (Å²) in [6.45, 7) is 1.84. The van der Waals surface area contributed by atoms with Crippen LogP contribution in [0.15, 0.2) is 24.3 Å². The summed E-state index contributed by atoms with van der Waals surface area (Å²) in [5.41, 5.74) is 1.22. The second kappa shape index (κ2) is 8.32. The number of thioether (sulfide) groups is 1. The first-order valence-electron chi connectivity index (χ1n) is 7.65. The van der Waals surface area contributed by atoms with Crippen LogP contribution in [0.4, 0.5) is 0 Å². The Labute approximate surface area is 131 Å². The molecule has 4 heteroatoms. The fourth-order valence-electron chi connectivity index (χ4n) is 2.83. The van der Waals surface area contributed by atoms with E-state index in [1.165, 1.54) is 12.0 Å². The molecule has 0 aromatic heterocycles. The van der Waals surface area contributed by atoms with Crippen LogP contribution in [-0.2, 0) is 9.53 Å². The van der Waals surface area contributed by atoms with Gasteiger partial charge in [0, 0.05) is 12.3 Å². The lowest BCUT2D eigenvalue weighted by atomic mass is 9.81. The molecular formula is C17H24O3S. The number of carbonyl (C=O) groups is 1. The number of rotatable bonds is 6. The molecule has 0 radical (unpaired) electrons. The van der Waals surface area contributed by atoms with Gasteiger partial charge >= 0.3 is 5.97 Å². The SMILES string of the molecule is CCC(=O)OC1CCCCC1c1cccc(OCSC)c1. The van der Waals surface area contributed by atoms with E-state index in [1.54, 1.807) is 11.8 Å². The van der Waals surface area contributed by atoms with Crippen LogP contribution in [0.3, 0.4) is 0 Å². The minimum atomic E-state index is -0.0957. The Balaban J connectivity index is 2.10. The van der Waals surface area contributed by atoms with E-state index in [4.69, 9.17) is 9.47 Å². The fraction of sp³-hybridized carbons (Fsp3) is 0.588. The zero-order valence-corrected chi connectivity index (χ0v) is 13.7. The molecule has 0 heterocycles. The molecule has 2 atom stereocenters. The lowest BCUT2D eigenvalue weighted by Crippen LogP contribution is -2.28. The third kappa shape index (κ3) is 4.67. The van der Waals surface area contributed by atoms with Crippen molar-refractivity contribution in [3.05, 3.63) is 29.8 Å². The van der Waals surface area contributed by atoms with Crippen molar-refractivity contribution >= 4 is 17.7 Å². The molecule has 2 unspecified atom stereocenters. The Hall–Kier alpha value is -1.16. The number of hydrogen-bond acceptors (Lipinski definition) is 4. The molecule has 2 rings (SSSR count). The Kier molecular flexibility index (Phi) is 6.43. The number of carbonyl (C=O) groups excluding carboxylic acids is 1. The molecule has 1 saturated carbocycles. The number of esters is 1. The topological polar surface area (TPSA) is 35.5 Å². The maximum atomic E-state index is 11.6. The third-order valence-electron chi connectivity index (χ3n) is 3.90. The summed E-state index contributed by atoms with van der Waals surface area (Å²) in [7, 11) is 0. The standard InChI is InChI=1S/C17H24O3S/c1-3-17(18)20-16-10-5-4-9-15(16)13-7-6-8-14(11-13)19-12-21-2/h6-8,11,15-16H,3-5,9-10,12H2,1-2H3. The van der Waals surface area contributed by atoms with Crippen LogP contribution in [0, 0.1) is 0 Å². The molecule has 3 nitrogen and oxygen atoms in total. The zero-order valence-electron chi connectivity index (χ0n) is 12.8. The van der Waals surface area contributed by atoms with Crippen LogP contribution in [0.2, 0.25) is 0 Å². The molecule has 0 N–H and O–H groups in total. The molecule has 21 heavy (non-hydrogen) atoms. The Morgan fingerprint density at radius 2 is 2.14 bits per heavy atom. The summed E-state index contributed by atoms with van der Waals surface area (Å²) < 4.78 is 11.3. The van der Waals surface area contributed by atoms with Crippen LogP contribution in [-0.4, -0.2) is 24.3 Å². The lowest BCUT2D eigenvalue weighted by Gasteiger charge is -2.31. The quantitative estimate of drug-likeness (QED) is 0.577. The second-order valence-corrected chi connectivity index (χ2v) is 6.21. The van der Waals surface area contributed by atoms with Crippen molar-refractivity contribution in [1.29, 1.82) is 0 Å². The van der Waals surface area contributed by atoms with Crippen molar-refractivity contribution in [3.8, 4) is 5.75 Å². The van der Waals surface area contributed by atoms with E-state index in [0.717, 1.165) is 25.0 Å². The normalized spacial score (nSPS) is 21.8. The first-order valence-corrected chi connectivity index (χ1v) is 9.05. The number of ether oxygens (including phenoxy) is 2. The highest BCUT2D eigenvalue weighted by Gasteiger charge is 2.29. The second-order valence-electron chi connectivity index (χ2n) is 5.40. The van der Waals surface area contributed by atoms with E-state index < -0.39 is 0 Å². The molecule has 1 aromatic carbocycles. The van der Waals surface area contributed by atoms with Crippen molar-refractivity contribution in [3.63, 3.8) is 0 Å². The first kappa shape index (κ1) is 16.2. The zero-order chi connectivity index (χ0) is 15.1. The fourth-order valence-corrected chi connectivity index (χ4v) is 3.09. The van der Waals surface area contributed by atoms with E-state index >= 15 is 0 Å². The van der Waals surface area contributed by atoms with Gasteiger partial charge in [0.1, 0.15) is 17.8 Å². The number of benzene rings is 1. The summed E-state index contributed by atoms with van der Waals surface area (Å²) in [6.07, 6.45) is 6.86. The molecule has 0 amide bonds. The molecule has 1 aliphatic rings. The summed E-state index contributed by atoms with van der Waals surface area (Å²) in [5, 5.41) is 0. The van der Waals surface area contributed by atoms with E-state index in [-0.39, 0.29) is 12.1 Å². The third-order valence-corrected chi connectivity index (χ3v) is 4.26. The van der Waals surface area contributed by atoms with Crippen molar-refractivity contribution in [2.75, 3.05) is 12.2 Å². The van der Waals surface area contributed by atoms with Crippen LogP contribution in [0.25, 0.3) is 0 Å². The van der Waals surface area contributed by atoms with Crippen molar-refractivity contribution in [1.82, 2.24) is 0 Å². The molecule has 0 spiro atoms. The van der Waals surface area contributed by atoms with Gasteiger partial charge in [-0.05, 0) is 43.2 Å². The molecule has 1 fully saturated rings. The van der Waals surface area contributed by atoms with Crippen molar-refractivity contribution in [2.24, 2.45) is 0 Å². The van der Waals surface area contributed by atoms with Crippen LogP contribution < -0.4 is 4.74 Å². The minimum Gasteiger partial charge on any atom is -0.483 e. The average Bonchev–Trinajstić information content (AvgIpc) is 2.53. The molecule has 0 bridgehead atoms. The maximum absolute atomic E-state index is 11.6. The van der Waals surface area contributed by atoms with E-state index in [9.17, 15) is 4.79 Å². The first-order chi connectivity index (χ1) is 10.2. The maximum Gasteiger partial charge on any atom is 0.305 e. The highest BCUT2D eigenvalue weighted by atomic mass is 32.2. The van der Waals surface area contributed by atoms with Crippen molar-refractivity contribution in [2.45, 2.75) is 51.0 Å². The Bertz CT molecular complexity index is 461. The monoisotopic (exact) mass is 308 g/mol. The minimum absolute atomic E-state index is 0.0157. The molecule has 0 saturated heterocycles. The predicted octanol–water partition coefficient (Wildman–Crippen LogP) is 4.37. The highest BCUT2D eigenvalue weighted by Crippen LogP contribution is 2.36. The highest BCUT2D eigenvalue weighted by molar-refractivity contribution is 7.98. The summed E-state index contributed by atoms with van der Waals surface area (Å²) in [4.78, 5) is 11.6. The Morgan fingerprint density at radius 1 is 1.33 bits per heavy atom. The largest absolute Gasteiger partial charge is 0.483 e. The van der Waals surface area contributed by atoms with Crippen LogP contribution in [0.1, 0.15) is 50.5 Å². The smallest absolute Gasteiger partial charge is 0.305 e. The van der Waals surface area contributed by atoms with E-state index in [0.29, 0.717) is 18.3 Å². The lowest BCUT2D eigenvalue weighted by molar-refractivity contribution is -0.151. The Morgan fingerprint density at radius 3 is 2.90 bits per heavy atom. The molecule has 1 aliphatic carbocycles. The molecular weight excluding hydrogens is 284 g/mol. The molecule has 1 aromatic rings. The van der Waals surface area contributed by atoms with Gasteiger partial charge in [-0.15, -0.1) is 11.8 Å². The van der Waals surface area contributed by atoms with E-state index in [1.807, 2.05) is 25.3 Å². The molecule has 116 valence electrons. The summed E-state index contributed by atoms with van der Waals surface area (Å²) in [6, 6.07) is 8.22. The average molecular weight is 308 g/mol. The predicted molar refractivity (Wildman–Crippen MR) is 86.8 cm³/mol. The van der Waals surface area contributed by atoms with Gasteiger partial charge in [0.25, 0.3) is 0 Å².